The second-order valence-corrected chi connectivity index (χ2v) is 2.71. The monoisotopic (exact) mass is 153 g/mol. The molecule has 0 aliphatic heterocycles. The van der Waals surface area contributed by atoms with Crippen molar-refractivity contribution < 1.29 is 1.37 Å². The zero-order valence-corrected chi connectivity index (χ0v) is 7.30. The van der Waals surface area contributed by atoms with Gasteiger partial charge in [-0.2, -0.15) is 0 Å². The molecule has 1 rings (SSSR count). The van der Waals surface area contributed by atoms with Crippen LogP contribution in [0.1, 0.15) is 33.8 Å². The molecule has 0 bridgehead atoms. The minimum absolute atomic E-state index is 0.403. The molecule has 0 aromatic carbocycles. The normalized spacial score (nSPS) is 11.6. The Morgan fingerprint density at radius 2 is 2.45 bits per heavy atom. The highest BCUT2D eigenvalue weighted by Gasteiger charge is 1.96. The molecule has 11 heavy (non-hydrogen) atoms. The third kappa shape index (κ3) is 2.07. The highest BCUT2D eigenvalue weighted by atomic mass is 15.0. The Bertz CT molecular complexity index is 243. The average Bonchev–Trinajstić information content (AvgIpc) is 2.43. The molecule has 0 fully saturated rings. The molecule has 0 saturated carbocycles. The fourth-order valence-electron chi connectivity index (χ4n) is 1.10. The van der Waals surface area contributed by atoms with Crippen LogP contribution in [0.25, 0.3) is 0 Å². The third-order valence-electron chi connectivity index (χ3n) is 1.84. The van der Waals surface area contributed by atoms with Crippen LogP contribution in [0, 0.1) is 0 Å². The fraction of sp³-hybridized carbons (Fsp3) is 0.667. The summed E-state index contributed by atoms with van der Waals surface area (Å²) in [5.41, 5.74) is 1.17. The van der Waals surface area contributed by atoms with Gasteiger partial charge < -0.3 is 4.57 Å². The van der Waals surface area contributed by atoms with E-state index in [1.54, 1.807) is 6.20 Å². The number of hydrogen-bond acceptors (Lipinski definition) is 1. The maximum Gasteiger partial charge on any atom is 0.104 e. The molecule has 0 aliphatic rings. The first-order valence-corrected chi connectivity index (χ1v) is 4.30. The van der Waals surface area contributed by atoms with Crippen molar-refractivity contribution in [3.05, 3.63) is 18.2 Å². The number of aryl methyl sites for hydroxylation is 1. The van der Waals surface area contributed by atoms with E-state index in [9.17, 15) is 0 Å². The number of unbranched alkanes of at least 4 members (excludes halogenated alkanes) is 1. The minimum atomic E-state index is 0.403. The Balaban J connectivity index is 2.72. The lowest BCUT2D eigenvalue weighted by atomic mass is 10.3. The molecular formula is C9H16N2. The molecule has 1 aromatic heterocycles. The molecule has 0 spiro atoms. The zero-order valence-electron chi connectivity index (χ0n) is 8.30. The number of nitrogens with zero attached hydrogens (tertiary/aromatic N) is 2. The van der Waals surface area contributed by atoms with Crippen molar-refractivity contribution >= 4 is 0 Å². The van der Waals surface area contributed by atoms with Crippen molar-refractivity contribution in [3.8, 4) is 0 Å². The quantitative estimate of drug-likeness (QED) is 0.648. The van der Waals surface area contributed by atoms with Gasteiger partial charge in [0.25, 0.3) is 0 Å². The number of imidazole rings is 1. The van der Waals surface area contributed by atoms with E-state index in [-0.39, 0.29) is 0 Å². The summed E-state index contributed by atoms with van der Waals surface area (Å²) >= 11 is 0. The molecule has 0 unspecified atom stereocenters. The van der Waals surface area contributed by atoms with Crippen molar-refractivity contribution in [2.75, 3.05) is 0 Å². The lowest BCUT2D eigenvalue weighted by Crippen LogP contribution is -1.99. The topological polar surface area (TPSA) is 17.8 Å². The maximum atomic E-state index is 7.53. The fourth-order valence-corrected chi connectivity index (χ4v) is 1.10. The summed E-state index contributed by atoms with van der Waals surface area (Å²) < 4.78 is 9.51. The second kappa shape index (κ2) is 4.16. The Morgan fingerprint density at radius 3 is 3.09 bits per heavy atom. The molecular weight excluding hydrogens is 136 g/mol. The molecule has 0 atom stereocenters. The van der Waals surface area contributed by atoms with E-state index in [1.165, 1.54) is 12.1 Å². The smallest absolute Gasteiger partial charge is 0.104 e. The van der Waals surface area contributed by atoms with Crippen LogP contribution in [0.2, 0.25) is 0 Å². The van der Waals surface area contributed by atoms with Gasteiger partial charge in [-0.3, -0.25) is 0 Å². The van der Waals surface area contributed by atoms with Gasteiger partial charge in [-0.1, -0.05) is 20.3 Å². The Hall–Kier alpha value is -0.790. The van der Waals surface area contributed by atoms with Crippen LogP contribution in [0.5, 0.6) is 0 Å². The van der Waals surface area contributed by atoms with Gasteiger partial charge in [-0.15, -0.1) is 0 Å². The van der Waals surface area contributed by atoms with Gasteiger partial charge in [0, 0.05) is 18.4 Å². The predicted molar refractivity (Wildman–Crippen MR) is 46.5 cm³/mol. The Kier molecular flexibility index (Phi) is 2.61. The number of rotatable bonds is 4. The van der Waals surface area contributed by atoms with Gasteiger partial charge in [0.2, 0.25) is 0 Å². The van der Waals surface area contributed by atoms with Gasteiger partial charge in [0.1, 0.15) is 1.37 Å². The molecule has 1 aromatic rings. The first-order chi connectivity index (χ1) is 5.79. The Labute approximate surface area is 69.7 Å². The van der Waals surface area contributed by atoms with E-state index < -0.39 is 0 Å². The van der Waals surface area contributed by atoms with Gasteiger partial charge >= 0.3 is 0 Å². The Morgan fingerprint density at radius 1 is 1.64 bits per heavy atom. The van der Waals surface area contributed by atoms with Crippen LogP contribution in [-0.2, 0) is 13.0 Å². The van der Waals surface area contributed by atoms with Gasteiger partial charge in [-0.25, -0.2) is 4.98 Å². The predicted octanol–water partition coefficient (Wildman–Crippen LogP) is 2.25. The van der Waals surface area contributed by atoms with E-state index in [2.05, 4.69) is 18.8 Å². The summed E-state index contributed by atoms with van der Waals surface area (Å²) in [6.45, 7) is 5.20. The third-order valence-corrected chi connectivity index (χ3v) is 1.84. The number of hydrogen-bond donors (Lipinski definition) is 0. The summed E-state index contributed by atoms with van der Waals surface area (Å²) in [5, 5.41) is 0. The van der Waals surface area contributed by atoms with Crippen LogP contribution in [0.3, 0.4) is 0 Å². The van der Waals surface area contributed by atoms with Crippen LogP contribution in [0.4, 0.5) is 0 Å². The summed E-state index contributed by atoms with van der Waals surface area (Å²) in [7, 11) is 0. The van der Waals surface area contributed by atoms with Crippen molar-refractivity contribution in [2.24, 2.45) is 0 Å². The maximum absolute atomic E-state index is 7.53. The first-order valence-electron chi connectivity index (χ1n) is 4.80. The van der Waals surface area contributed by atoms with Crippen molar-refractivity contribution in [2.45, 2.75) is 39.7 Å². The van der Waals surface area contributed by atoms with E-state index in [1.807, 2.05) is 4.57 Å². The molecule has 0 amide bonds. The van der Waals surface area contributed by atoms with Gasteiger partial charge in [-0.05, 0) is 12.8 Å². The lowest BCUT2D eigenvalue weighted by Gasteiger charge is -2.03. The van der Waals surface area contributed by atoms with E-state index >= 15 is 0 Å². The lowest BCUT2D eigenvalue weighted by molar-refractivity contribution is 0.610. The van der Waals surface area contributed by atoms with Crippen LogP contribution in [-0.4, -0.2) is 9.55 Å². The summed E-state index contributed by atoms with van der Waals surface area (Å²) in [4.78, 5) is 3.97. The van der Waals surface area contributed by atoms with E-state index in [0.29, 0.717) is 6.30 Å². The summed E-state index contributed by atoms with van der Waals surface area (Å²) in [5.74, 6) is 0. The van der Waals surface area contributed by atoms with Crippen LogP contribution < -0.4 is 0 Å². The molecule has 0 radical (unpaired) electrons. The molecule has 2 heteroatoms. The molecule has 0 aliphatic carbocycles. The van der Waals surface area contributed by atoms with Crippen LogP contribution >= 0.6 is 0 Å². The van der Waals surface area contributed by atoms with Crippen molar-refractivity contribution in [3.63, 3.8) is 0 Å². The second-order valence-electron chi connectivity index (χ2n) is 2.71. The summed E-state index contributed by atoms with van der Waals surface area (Å²) in [6, 6.07) is 0. The first kappa shape index (κ1) is 6.89. The molecule has 1 heterocycles. The highest BCUT2D eigenvalue weighted by Crippen LogP contribution is 2.02. The largest absolute Gasteiger partial charge is 0.335 e. The molecule has 2 nitrogen and oxygen atoms in total. The summed E-state index contributed by atoms with van der Waals surface area (Å²) in [6.07, 6.45) is 5.48. The van der Waals surface area contributed by atoms with Gasteiger partial charge in [0.15, 0.2) is 0 Å². The molecule has 0 N–H and O–H groups in total. The average molecular weight is 153 g/mol. The van der Waals surface area contributed by atoms with E-state index in [4.69, 9.17) is 1.37 Å². The highest BCUT2D eigenvalue weighted by molar-refractivity contribution is 4.97. The van der Waals surface area contributed by atoms with Crippen molar-refractivity contribution in [1.29, 1.82) is 0 Å². The SMILES string of the molecule is [2H]c1ncc(CC)n1CCCC. The van der Waals surface area contributed by atoms with Crippen molar-refractivity contribution in [1.82, 2.24) is 9.55 Å². The minimum Gasteiger partial charge on any atom is -0.335 e. The van der Waals surface area contributed by atoms with Crippen LogP contribution in [0.15, 0.2) is 12.5 Å². The standard InChI is InChI=1S/C9H16N2/c1-3-5-6-11-8-10-7-9(11)4-2/h7-8H,3-6H2,1-2H3/i8D. The number of aromatic nitrogens is 2. The molecule has 0 saturated heterocycles. The molecule has 62 valence electrons. The zero-order chi connectivity index (χ0) is 8.97. The van der Waals surface area contributed by atoms with Gasteiger partial charge in [0.05, 0.1) is 6.30 Å². The van der Waals surface area contributed by atoms with E-state index in [0.717, 1.165) is 19.4 Å².